The molecule has 1 saturated heterocycles. The number of para-hydroxylation sites is 1. The van der Waals surface area contributed by atoms with E-state index in [2.05, 4.69) is 20.4 Å². The Kier molecular flexibility index (Phi) is 6.41. The van der Waals surface area contributed by atoms with E-state index in [1.807, 2.05) is 59.3 Å². The first kappa shape index (κ1) is 21.7. The minimum absolute atomic E-state index is 0.0754. The molecule has 3 heterocycles. The molecule has 0 bridgehead atoms. The molecule has 1 amide bonds. The predicted molar refractivity (Wildman–Crippen MR) is 128 cm³/mol. The molecule has 2 aromatic heterocycles. The predicted octanol–water partition coefficient (Wildman–Crippen LogP) is 4.65. The zero-order chi connectivity index (χ0) is 22.6. The molecule has 1 aliphatic heterocycles. The number of nitrogens with zero attached hydrogens (tertiary/aromatic N) is 4. The molecular formula is C25H26ClN5O2. The molecular weight excluding hydrogens is 438 g/mol. The van der Waals surface area contributed by atoms with Gasteiger partial charge in [0.1, 0.15) is 6.54 Å². The second-order valence-corrected chi connectivity index (χ2v) is 8.87. The largest absolute Gasteiger partial charge is 0.419 e. The van der Waals surface area contributed by atoms with Crippen LogP contribution in [-0.2, 0) is 24.4 Å². The highest BCUT2D eigenvalue weighted by Gasteiger charge is 2.19. The Labute approximate surface area is 197 Å². The summed E-state index contributed by atoms with van der Waals surface area (Å²) in [5.74, 6) is 1.04. The topological polar surface area (TPSA) is 76.2 Å². The van der Waals surface area contributed by atoms with E-state index in [4.69, 9.17) is 16.0 Å². The number of benzene rings is 2. The van der Waals surface area contributed by atoms with Gasteiger partial charge in [-0.25, -0.2) is 0 Å². The Morgan fingerprint density at radius 2 is 1.82 bits per heavy atom. The van der Waals surface area contributed by atoms with E-state index >= 15 is 0 Å². The third kappa shape index (κ3) is 5.10. The number of nitrogens with one attached hydrogen (secondary N) is 1. The quantitative estimate of drug-likeness (QED) is 0.432. The van der Waals surface area contributed by atoms with Gasteiger partial charge in [0.15, 0.2) is 0 Å². The number of amides is 1. The van der Waals surface area contributed by atoms with Gasteiger partial charge < -0.3 is 14.3 Å². The van der Waals surface area contributed by atoms with E-state index in [9.17, 15) is 4.79 Å². The van der Waals surface area contributed by atoms with E-state index in [-0.39, 0.29) is 12.5 Å². The number of piperidine rings is 1. The maximum absolute atomic E-state index is 12.7. The highest BCUT2D eigenvalue weighted by atomic mass is 35.5. The maximum Gasteiger partial charge on any atom is 0.249 e. The van der Waals surface area contributed by atoms with Crippen molar-refractivity contribution in [2.45, 2.75) is 38.9 Å². The van der Waals surface area contributed by atoms with Gasteiger partial charge in [-0.15, -0.1) is 10.2 Å². The van der Waals surface area contributed by atoms with E-state index in [1.54, 1.807) is 0 Å². The Morgan fingerprint density at radius 1 is 1.03 bits per heavy atom. The summed E-state index contributed by atoms with van der Waals surface area (Å²) in [5, 5.41) is 13.2. The number of carbonyl (C=O) groups excluding carboxylic acids is 1. The molecule has 7 nitrogen and oxygen atoms in total. The molecule has 0 spiro atoms. The Morgan fingerprint density at radius 3 is 2.64 bits per heavy atom. The van der Waals surface area contributed by atoms with E-state index in [0.29, 0.717) is 29.9 Å². The number of likely N-dealkylation sites (tertiary alicyclic amines) is 1. The van der Waals surface area contributed by atoms with Crippen LogP contribution in [0.3, 0.4) is 0 Å². The minimum atomic E-state index is -0.0754. The maximum atomic E-state index is 12.7. The van der Waals surface area contributed by atoms with Gasteiger partial charge in [0, 0.05) is 28.7 Å². The number of fused-ring (bicyclic) bond motifs is 1. The summed E-state index contributed by atoms with van der Waals surface area (Å²) in [6, 6.07) is 15.4. The fourth-order valence-electron chi connectivity index (χ4n) is 4.30. The van der Waals surface area contributed by atoms with Crippen molar-refractivity contribution in [2.75, 3.05) is 13.1 Å². The number of halogens is 1. The number of carbonyl (C=O) groups is 1. The summed E-state index contributed by atoms with van der Waals surface area (Å²) in [6.45, 7) is 3.47. The number of aromatic nitrogens is 3. The van der Waals surface area contributed by atoms with Gasteiger partial charge in [-0.05, 0) is 49.7 Å². The lowest BCUT2D eigenvalue weighted by molar-refractivity contribution is -0.121. The lowest BCUT2D eigenvalue weighted by Gasteiger charge is -2.24. The lowest BCUT2D eigenvalue weighted by atomic mass is 10.1. The SMILES string of the molecule is O=C(Cn1cc(-c2nnc(CN3CCCCC3)o2)c2ccccc21)NCc1ccc(Cl)cc1. The van der Waals surface area contributed by atoms with Gasteiger partial charge in [-0.2, -0.15) is 0 Å². The van der Waals surface area contributed by atoms with Crippen LogP contribution in [0.4, 0.5) is 0 Å². The van der Waals surface area contributed by atoms with Gasteiger partial charge >= 0.3 is 0 Å². The van der Waals surface area contributed by atoms with Gasteiger partial charge in [0.25, 0.3) is 0 Å². The first-order valence-corrected chi connectivity index (χ1v) is 11.7. The standard InChI is InChI=1S/C25H26ClN5O2/c26-19-10-8-18(9-11-19)14-27-23(32)16-31-15-21(20-6-2-3-7-22(20)31)25-29-28-24(33-25)17-30-12-4-1-5-13-30/h2-3,6-11,15H,1,4-5,12-14,16-17H2,(H,27,32). The highest BCUT2D eigenvalue weighted by Crippen LogP contribution is 2.30. The average Bonchev–Trinajstić information content (AvgIpc) is 3.44. The van der Waals surface area contributed by atoms with Crippen molar-refractivity contribution in [1.29, 1.82) is 0 Å². The molecule has 170 valence electrons. The van der Waals surface area contributed by atoms with Gasteiger partial charge in [0.2, 0.25) is 17.7 Å². The van der Waals surface area contributed by atoms with Crippen LogP contribution in [0.2, 0.25) is 5.02 Å². The van der Waals surface area contributed by atoms with Gasteiger partial charge in [0.05, 0.1) is 12.1 Å². The Bertz CT molecular complexity index is 1240. The third-order valence-electron chi connectivity index (χ3n) is 6.01. The number of rotatable bonds is 7. The lowest BCUT2D eigenvalue weighted by Crippen LogP contribution is -2.29. The molecule has 0 atom stereocenters. The first-order valence-electron chi connectivity index (χ1n) is 11.3. The van der Waals surface area contributed by atoms with E-state index in [1.165, 1.54) is 19.3 Å². The summed E-state index contributed by atoms with van der Waals surface area (Å²) in [5.41, 5.74) is 2.79. The van der Waals surface area contributed by atoms with Gasteiger partial charge in [-0.1, -0.05) is 48.4 Å². The summed E-state index contributed by atoms with van der Waals surface area (Å²) in [4.78, 5) is 15.0. The molecule has 0 aliphatic carbocycles. The Hall–Kier alpha value is -3.16. The van der Waals surface area contributed by atoms with Crippen LogP contribution in [0.15, 0.2) is 59.1 Å². The summed E-state index contributed by atoms with van der Waals surface area (Å²) >= 11 is 5.93. The van der Waals surface area contributed by atoms with Crippen LogP contribution < -0.4 is 5.32 Å². The molecule has 8 heteroatoms. The summed E-state index contributed by atoms with van der Waals surface area (Å²) in [6.07, 6.45) is 5.65. The molecule has 1 aliphatic rings. The zero-order valence-electron chi connectivity index (χ0n) is 18.3. The third-order valence-corrected chi connectivity index (χ3v) is 6.26. The number of hydrogen-bond donors (Lipinski definition) is 1. The van der Waals surface area contributed by atoms with E-state index in [0.717, 1.165) is 35.1 Å². The van der Waals surface area contributed by atoms with Crippen LogP contribution in [0, 0.1) is 0 Å². The van der Waals surface area contributed by atoms with Crippen LogP contribution >= 0.6 is 11.6 Å². The fraction of sp³-hybridized carbons (Fsp3) is 0.320. The smallest absolute Gasteiger partial charge is 0.249 e. The van der Waals surface area contributed by atoms with Crippen LogP contribution in [0.25, 0.3) is 22.4 Å². The molecule has 0 radical (unpaired) electrons. The monoisotopic (exact) mass is 463 g/mol. The molecule has 0 saturated carbocycles. The fourth-order valence-corrected chi connectivity index (χ4v) is 4.42. The van der Waals surface area contributed by atoms with Crippen molar-refractivity contribution in [3.8, 4) is 11.5 Å². The molecule has 1 fully saturated rings. The van der Waals surface area contributed by atoms with Crippen molar-refractivity contribution < 1.29 is 9.21 Å². The zero-order valence-corrected chi connectivity index (χ0v) is 19.1. The normalized spacial score (nSPS) is 14.6. The summed E-state index contributed by atoms with van der Waals surface area (Å²) < 4.78 is 7.95. The minimum Gasteiger partial charge on any atom is -0.419 e. The Balaban J connectivity index is 1.31. The molecule has 2 aromatic carbocycles. The molecule has 4 aromatic rings. The molecule has 33 heavy (non-hydrogen) atoms. The second-order valence-electron chi connectivity index (χ2n) is 8.43. The van der Waals surface area contributed by atoms with Crippen LogP contribution in [0.5, 0.6) is 0 Å². The number of hydrogen-bond acceptors (Lipinski definition) is 5. The van der Waals surface area contributed by atoms with Crippen molar-refractivity contribution in [3.63, 3.8) is 0 Å². The first-order chi connectivity index (χ1) is 16.2. The molecule has 0 unspecified atom stereocenters. The molecule has 5 rings (SSSR count). The van der Waals surface area contributed by atoms with Crippen LogP contribution in [0.1, 0.15) is 30.7 Å². The van der Waals surface area contributed by atoms with Crippen molar-refractivity contribution in [2.24, 2.45) is 0 Å². The van der Waals surface area contributed by atoms with Crippen molar-refractivity contribution in [3.05, 3.63) is 71.2 Å². The average molecular weight is 464 g/mol. The van der Waals surface area contributed by atoms with Crippen molar-refractivity contribution in [1.82, 2.24) is 25.0 Å². The highest BCUT2D eigenvalue weighted by molar-refractivity contribution is 6.30. The second kappa shape index (κ2) is 9.77. The van der Waals surface area contributed by atoms with Gasteiger partial charge in [-0.3, -0.25) is 9.69 Å². The van der Waals surface area contributed by atoms with E-state index < -0.39 is 0 Å². The van der Waals surface area contributed by atoms with Crippen molar-refractivity contribution >= 4 is 28.4 Å². The molecule has 1 N–H and O–H groups in total. The summed E-state index contributed by atoms with van der Waals surface area (Å²) in [7, 11) is 0. The van der Waals surface area contributed by atoms with Crippen LogP contribution in [-0.4, -0.2) is 38.7 Å².